The first kappa shape index (κ1) is 7.52. The molecule has 0 spiro atoms. The van der Waals surface area contributed by atoms with Gasteiger partial charge in [0.05, 0.1) is 13.3 Å². The molecule has 1 aromatic rings. The summed E-state index contributed by atoms with van der Waals surface area (Å²) in [5, 5.41) is 0. The summed E-state index contributed by atoms with van der Waals surface area (Å²) in [4.78, 5) is 2.07. The van der Waals surface area contributed by atoms with Gasteiger partial charge >= 0.3 is 0 Å². The van der Waals surface area contributed by atoms with Crippen molar-refractivity contribution in [1.29, 1.82) is 0 Å². The quantitative estimate of drug-likeness (QED) is 0.643. The molecule has 0 unspecified atom stereocenters. The molecule has 1 aliphatic rings. The smallest absolute Gasteiger partial charge is 0.123 e. The van der Waals surface area contributed by atoms with Crippen molar-refractivity contribution in [3.8, 4) is 0 Å². The summed E-state index contributed by atoms with van der Waals surface area (Å²) < 4.78 is 12.5. The van der Waals surface area contributed by atoms with Crippen molar-refractivity contribution < 1.29 is 4.39 Å². The lowest BCUT2D eigenvalue weighted by Crippen LogP contribution is -2.21. The van der Waals surface area contributed by atoms with Crippen molar-refractivity contribution in [2.24, 2.45) is 0 Å². The molecule has 0 amide bonds. The van der Waals surface area contributed by atoms with Gasteiger partial charge in [-0.25, -0.2) is 15.2 Å². The van der Waals surface area contributed by atoms with Crippen LogP contribution in [0.4, 0.5) is 10.1 Å². The van der Waals surface area contributed by atoms with E-state index in [1.54, 1.807) is 12.1 Å². The Bertz CT molecular complexity index is 254. The highest BCUT2D eigenvalue weighted by molar-refractivity contribution is 5.46. The molecule has 0 aliphatic carbocycles. The Morgan fingerprint density at radius 1 is 1.08 bits per heavy atom. The number of hydrogen-bond acceptors (Lipinski definition) is 3. The van der Waals surface area contributed by atoms with Gasteiger partial charge in [-0.05, 0) is 24.3 Å². The van der Waals surface area contributed by atoms with Crippen LogP contribution in [0.5, 0.6) is 0 Å². The molecule has 4 heteroatoms. The lowest BCUT2D eigenvalue weighted by Gasteiger charge is -2.14. The van der Waals surface area contributed by atoms with E-state index in [0.717, 1.165) is 19.0 Å². The zero-order valence-corrected chi connectivity index (χ0v) is 6.55. The van der Waals surface area contributed by atoms with Crippen LogP contribution in [0.3, 0.4) is 0 Å². The maximum atomic E-state index is 12.5. The molecule has 1 saturated heterocycles. The summed E-state index contributed by atoms with van der Waals surface area (Å²) in [5.74, 6) is -0.195. The van der Waals surface area contributed by atoms with Crippen molar-refractivity contribution in [2.75, 3.05) is 18.2 Å². The molecule has 0 radical (unpaired) electrons. The molecule has 2 rings (SSSR count). The summed E-state index contributed by atoms with van der Waals surface area (Å²) in [6.07, 6.45) is 0. The molecule has 0 bridgehead atoms. The highest BCUT2D eigenvalue weighted by atomic mass is 19.1. The number of halogens is 1. The summed E-state index contributed by atoms with van der Waals surface area (Å²) in [5.41, 5.74) is 6.96. The van der Waals surface area contributed by atoms with Crippen LogP contribution in [0.1, 0.15) is 0 Å². The van der Waals surface area contributed by atoms with E-state index in [1.165, 1.54) is 12.1 Å². The minimum Gasteiger partial charge on any atom is -0.344 e. The van der Waals surface area contributed by atoms with E-state index in [-0.39, 0.29) is 5.82 Å². The highest BCUT2D eigenvalue weighted by Gasteiger charge is 2.09. The van der Waals surface area contributed by atoms with Gasteiger partial charge in [0.2, 0.25) is 0 Å². The van der Waals surface area contributed by atoms with Crippen LogP contribution < -0.4 is 15.8 Å². The van der Waals surface area contributed by atoms with Crippen LogP contribution in [0.2, 0.25) is 0 Å². The van der Waals surface area contributed by atoms with Crippen LogP contribution in [0, 0.1) is 5.82 Å². The van der Waals surface area contributed by atoms with Gasteiger partial charge in [0.15, 0.2) is 0 Å². The molecule has 1 aromatic carbocycles. The minimum atomic E-state index is -0.195. The molecule has 64 valence electrons. The Hall–Kier alpha value is -1.13. The average molecular weight is 167 g/mol. The first-order valence-electron chi connectivity index (χ1n) is 3.82. The van der Waals surface area contributed by atoms with Crippen LogP contribution >= 0.6 is 0 Å². The van der Waals surface area contributed by atoms with Gasteiger partial charge in [0.25, 0.3) is 0 Å². The van der Waals surface area contributed by atoms with E-state index in [2.05, 4.69) is 15.8 Å². The Morgan fingerprint density at radius 2 is 1.67 bits per heavy atom. The zero-order chi connectivity index (χ0) is 8.39. The van der Waals surface area contributed by atoms with Gasteiger partial charge in [-0.3, -0.25) is 0 Å². The second-order valence-electron chi connectivity index (χ2n) is 2.69. The summed E-state index contributed by atoms with van der Waals surface area (Å²) in [6.45, 7) is 1.51. The fourth-order valence-electron chi connectivity index (χ4n) is 1.19. The maximum absolute atomic E-state index is 12.5. The molecule has 0 saturated carbocycles. The van der Waals surface area contributed by atoms with Crippen LogP contribution in [0.15, 0.2) is 24.3 Å². The normalized spacial score (nSPS) is 16.9. The molecular formula is C8H10FN3. The Balaban J connectivity index is 2.17. The van der Waals surface area contributed by atoms with E-state index in [1.807, 2.05) is 0 Å². The van der Waals surface area contributed by atoms with E-state index in [0.29, 0.717) is 0 Å². The second kappa shape index (κ2) is 3.08. The molecule has 1 heterocycles. The topological polar surface area (TPSA) is 27.3 Å². The number of hydrazine groups is 1. The number of hydrogen-bond donors (Lipinski definition) is 2. The maximum Gasteiger partial charge on any atom is 0.123 e. The van der Waals surface area contributed by atoms with Crippen molar-refractivity contribution in [3.63, 3.8) is 0 Å². The summed E-state index contributed by atoms with van der Waals surface area (Å²) in [7, 11) is 0. The molecule has 0 atom stereocenters. The molecule has 2 N–H and O–H groups in total. The van der Waals surface area contributed by atoms with Crippen molar-refractivity contribution >= 4 is 5.69 Å². The summed E-state index contributed by atoms with van der Waals surface area (Å²) in [6, 6.07) is 6.47. The van der Waals surface area contributed by atoms with Crippen molar-refractivity contribution in [3.05, 3.63) is 30.1 Å². The lowest BCUT2D eigenvalue weighted by atomic mass is 10.3. The largest absolute Gasteiger partial charge is 0.344 e. The van der Waals surface area contributed by atoms with Gasteiger partial charge in [0, 0.05) is 5.69 Å². The Morgan fingerprint density at radius 3 is 2.25 bits per heavy atom. The first-order valence-corrected chi connectivity index (χ1v) is 3.82. The number of nitrogens with zero attached hydrogens (tertiary/aromatic N) is 1. The van der Waals surface area contributed by atoms with E-state index in [9.17, 15) is 4.39 Å². The Labute approximate surface area is 70.2 Å². The average Bonchev–Trinajstić information content (AvgIpc) is 2.58. The molecule has 0 aromatic heterocycles. The number of rotatable bonds is 1. The monoisotopic (exact) mass is 167 g/mol. The third-order valence-electron chi connectivity index (χ3n) is 1.86. The fraction of sp³-hybridized carbons (Fsp3) is 0.250. The second-order valence-corrected chi connectivity index (χ2v) is 2.69. The van der Waals surface area contributed by atoms with Crippen LogP contribution in [-0.2, 0) is 0 Å². The van der Waals surface area contributed by atoms with E-state index >= 15 is 0 Å². The Kier molecular flexibility index (Phi) is 1.93. The third kappa shape index (κ3) is 1.39. The molecular weight excluding hydrogens is 157 g/mol. The molecule has 1 fully saturated rings. The van der Waals surface area contributed by atoms with Crippen LogP contribution in [-0.4, -0.2) is 13.3 Å². The van der Waals surface area contributed by atoms with Crippen molar-refractivity contribution in [2.45, 2.75) is 0 Å². The standard InChI is InChI=1S/C8H10FN3/c9-7-1-3-8(4-2-7)12-5-10-11-6-12/h1-4,10-11H,5-6H2. The molecule has 12 heavy (non-hydrogen) atoms. The van der Waals surface area contributed by atoms with E-state index < -0.39 is 0 Å². The zero-order valence-electron chi connectivity index (χ0n) is 6.55. The number of anilines is 1. The van der Waals surface area contributed by atoms with Gasteiger partial charge < -0.3 is 4.90 Å². The van der Waals surface area contributed by atoms with Gasteiger partial charge in [-0.1, -0.05) is 0 Å². The highest BCUT2D eigenvalue weighted by Crippen LogP contribution is 2.13. The minimum absolute atomic E-state index is 0.195. The number of benzene rings is 1. The number of nitrogens with one attached hydrogen (secondary N) is 2. The third-order valence-corrected chi connectivity index (χ3v) is 1.86. The predicted molar refractivity (Wildman–Crippen MR) is 44.9 cm³/mol. The SMILES string of the molecule is Fc1ccc(N2CNNC2)cc1. The summed E-state index contributed by atoms with van der Waals surface area (Å²) >= 11 is 0. The predicted octanol–water partition coefficient (Wildman–Crippen LogP) is 0.655. The first-order chi connectivity index (χ1) is 5.86. The van der Waals surface area contributed by atoms with Gasteiger partial charge in [-0.15, -0.1) is 0 Å². The van der Waals surface area contributed by atoms with E-state index in [4.69, 9.17) is 0 Å². The molecule has 1 aliphatic heterocycles. The molecule has 3 nitrogen and oxygen atoms in total. The van der Waals surface area contributed by atoms with Gasteiger partial charge in [-0.2, -0.15) is 0 Å². The van der Waals surface area contributed by atoms with Crippen LogP contribution in [0.25, 0.3) is 0 Å². The lowest BCUT2D eigenvalue weighted by molar-refractivity contribution is 0.627. The van der Waals surface area contributed by atoms with Gasteiger partial charge in [0.1, 0.15) is 5.82 Å². The van der Waals surface area contributed by atoms with Crippen molar-refractivity contribution in [1.82, 2.24) is 10.9 Å². The fourth-order valence-corrected chi connectivity index (χ4v) is 1.19.